The zero-order valence-corrected chi connectivity index (χ0v) is 10.1. The first kappa shape index (κ1) is 12.5. The van der Waals surface area contributed by atoms with E-state index in [1.165, 1.54) is 0 Å². The average molecular weight is 213 g/mol. The maximum absolute atomic E-state index is 12.0. The molecule has 0 aromatic rings. The van der Waals surface area contributed by atoms with Crippen LogP contribution < -0.4 is 5.32 Å². The van der Waals surface area contributed by atoms with Crippen LogP contribution in [-0.2, 0) is 9.53 Å². The number of carbonyl (C=O) groups excluding carboxylic acids is 1. The van der Waals surface area contributed by atoms with Crippen molar-refractivity contribution in [3.8, 4) is 0 Å². The molecule has 15 heavy (non-hydrogen) atoms. The molecule has 3 nitrogen and oxygen atoms in total. The second-order valence-corrected chi connectivity index (χ2v) is 4.49. The Bertz CT molecular complexity index is 210. The molecule has 1 aliphatic heterocycles. The summed E-state index contributed by atoms with van der Waals surface area (Å²) in [6, 6.07) is 0. The lowest BCUT2D eigenvalue weighted by molar-refractivity contribution is -0.156. The van der Waals surface area contributed by atoms with E-state index in [-0.39, 0.29) is 17.6 Å². The number of ether oxygens (including phenoxy) is 1. The van der Waals surface area contributed by atoms with Gasteiger partial charge in [-0.2, -0.15) is 0 Å². The summed E-state index contributed by atoms with van der Waals surface area (Å²) in [5, 5.41) is 3.33. The topological polar surface area (TPSA) is 38.3 Å². The van der Waals surface area contributed by atoms with Crippen LogP contribution in [0.25, 0.3) is 0 Å². The third-order valence-corrected chi connectivity index (χ3v) is 3.19. The molecule has 1 rings (SSSR count). The fraction of sp³-hybridized carbons (Fsp3) is 0.917. The van der Waals surface area contributed by atoms with Crippen LogP contribution in [-0.4, -0.2) is 24.2 Å². The molecular formula is C12H23NO2. The first-order chi connectivity index (χ1) is 7.14. The Kier molecular flexibility index (Phi) is 4.58. The van der Waals surface area contributed by atoms with Crippen LogP contribution in [0.2, 0.25) is 0 Å². The highest BCUT2D eigenvalue weighted by Gasteiger charge is 2.41. The summed E-state index contributed by atoms with van der Waals surface area (Å²) in [7, 11) is 0. The smallest absolute Gasteiger partial charge is 0.326 e. The summed E-state index contributed by atoms with van der Waals surface area (Å²) in [5.74, 6) is -0.0452. The van der Waals surface area contributed by atoms with Gasteiger partial charge >= 0.3 is 5.97 Å². The summed E-state index contributed by atoms with van der Waals surface area (Å²) < 4.78 is 5.44. The van der Waals surface area contributed by atoms with Gasteiger partial charge in [0.15, 0.2) is 0 Å². The lowest BCUT2D eigenvalue weighted by Gasteiger charge is -2.28. The molecule has 2 atom stereocenters. The minimum absolute atomic E-state index is 0.0358. The van der Waals surface area contributed by atoms with Gasteiger partial charge in [0.1, 0.15) is 5.54 Å². The van der Waals surface area contributed by atoms with E-state index in [1.807, 2.05) is 13.8 Å². The van der Waals surface area contributed by atoms with E-state index in [2.05, 4.69) is 12.2 Å². The molecule has 0 saturated carbocycles. The fourth-order valence-corrected chi connectivity index (χ4v) is 2.10. The summed E-state index contributed by atoms with van der Waals surface area (Å²) in [5.41, 5.74) is -0.377. The quantitative estimate of drug-likeness (QED) is 0.712. The maximum Gasteiger partial charge on any atom is 0.326 e. The predicted octanol–water partition coefficient (Wildman–Crippen LogP) is 2.25. The molecule has 88 valence electrons. The normalized spacial score (nSPS) is 27.7. The van der Waals surface area contributed by atoms with Crippen molar-refractivity contribution in [2.45, 2.75) is 64.5 Å². The van der Waals surface area contributed by atoms with Gasteiger partial charge in [0.2, 0.25) is 0 Å². The monoisotopic (exact) mass is 213 g/mol. The highest BCUT2D eigenvalue weighted by molar-refractivity contribution is 5.81. The van der Waals surface area contributed by atoms with E-state index in [0.29, 0.717) is 0 Å². The van der Waals surface area contributed by atoms with Gasteiger partial charge in [0, 0.05) is 0 Å². The zero-order chi connectivity index (χ0) is 11.3. The number of hydrogen-bond donors (Lipinski definition) is 1. The number of carbonyl (C=O) groups is 1. The van der Waals surface area contributed by atoms with Gasteiger partial charge in [-0.25, -0.2) is 0 Å². The van der Waals surface area contributed by atoms with Crippen molar-refractivity contribution in [1.29, 1.82) is 0 Å². The molecule has 1 saturated heterocycles. The fourth-order valence-electron chi connectivity index (χ4n) is 2.10. The molecule has 1 fully saturated rings. The van der Waals surface area contributed by atoms with Gasteiger partial charge in [0.25, 0.3) is 0 Å². The molecule has 1 aliphatic rings. The van der Waals surface area contributed by atoms with Crippen LogP contribution in [0.4, 0.5) is 0 Å². The molecule has 0 spiro atoms. The molecule has 0 aliphatic carbocycles. The first-order valence-corrected chi connectivity index (χ1v) is 6.10. The lowest BCUT2D eigenvalue weighted by Crippen LogP contribution is -2.49. The van der Waals surface area contributed by atoms with Crippen LogP contribution >= 0.6 is 0 Å². The van der Waals surface area contributed by atoms with Gasteiger partial charge < -0.3 is 10.1 Å². The number of hydrogen-bond acceptors (Lipinski definition) is 3. The van der Waals surface area contributed by atoms with E-state index >= 15 is 0 Å². The second kappa shape index (κ2) is 5.50. The van der Waals surface area contributed by atoms with Gasteiger partial charge in [0.05, 0.1) is 6.10 Å². The molecule has 3 heteroatoms. The molecule has 0 amide bonds. The highest BCUT2D eigenvalue weighted by atomic mass is 16.5. The second-order valence-electron chi connectivity index (χ2n) is 4.49. The third kappa shape index (κ3) is 2.94. The van der Waals surface area contributed by atoms with Crippen LogP contribution in [0, 0.1) is 0 Å². The molecule has 0 bridgehead atoms. The Morgan fingerprint density at radius 2 is 2.27 bits per heavy atom. The van der Waals surface area contributed by atoms with Crippen molar-refractivity contribution in [2.75, 3.05) is 6.54 Å². The zero-order valence-electron chi connectivity index (χ0n) is 10.1. The van der Waals surface area contributed by atoms with Crippen molar-refractivity contribution >= 4 is 5.97 Å². The van der Waals surface area contributed by atoms with E-state index in [0.717, 1.165) is 38.6 Å². The van der Waals surface area contributed by atoms with Crippen LogP contribution in [0.15, 0.2) is 0 Å². The van der Waals surface area contributed by atoms with Gasteiger partial charge in [-0.05, 0) is 39.2 Å². The van der Waals surface area contributed by atoms with E-state index in [4.69, 9.17) is 4.74 Å². The lowest BCUT2D eigenvalue weighted by atomic mass is 9.92. The third-order valence-electron chi connectivity index (χ3n) is 3.19. The van der Waals surface area contributed by atoms with Crippen molar-refractivity contribution in [3.63, 3.8) is 0 Å². The van der Waals surface area contributed by atoms with Crippen LogP contribution in [0.3, 0.4) is 0 Å². The molecule has 0 radical (unpaired) electrons. The summed E-state index contributed by atoms with van der Waals surface area (Å²) >= 11 is 0. The molecule has 0 aromatic heterocycles. The molecular weight excluding hydrogens is 190 g/mol. The Morgan fingerprint density at radius 3 is 2.73 bits per heavy atom. The number of esters is 1. The van der Waals surface area contributed by atoms with Crippen LogP contribution in [0.5, 0.6) is 0 Å². The Labute approximate surface area is 92.6 Å². The van der Waals surface area contributed by atoms with E-state index < -0.39 is 0 Å². The number of nitrogens with one attached hydrogen (secondary N) is 1. The van der Waals surface area contributed by atoms with Gasteiger partial charge in [-0.1, -0.05) is 20.3 Å². The molecule has 1 N–H and O–H groups in total. The van der Waals surface area contributed by atoms with Crippen molar-refractivity contribution in [2.24, 2.45) is 0 Å². The van der Waals surface area contributed by atoms with Crippen molar-refractivity contribution in [3.05, 3.63) is 0 Å². The Morgan fingerprint density at radius 1 is 1.53 bits per heavy atom. The summed E-state index contributed by atoms with van der Waals surface area (Å²) in [6.07, 6.45) is 4.83. The predicted molar refractivity (Wildman–Crippen MR) is 60.7 cm³/mol. The van der Waals surface area contributed by atoms with Crippen molar-refractivity contribution in [1.82, 2.24) is 5.32 Å². The largest absolute Gasteiger partial charge is 0.461 e. The molecule has 0 aromatic carbocycles. The van der Waals surface area contributed by atoms with E-state index in [1.54, 1.807) is 0 Å². The average Bonchev–Trinajstić information content (AvgIpc) is 2.68. The minimum atomic E-state index is -0.377. The van der Waals surface area contributed by atoms with E-state index in [9.17, 15) is 4.79 Å². The number of rotatable bonds is 5. The van der Waals surface area contributed by atoms with Gasteiger partial charge in [-0.15, -0.1) is 0 Å². The first-order valence-electron chi connectivity index (χ1n) is 6.10. The Hall–Kier alpha value is -0.570. The minimum Gasteiger partial charge on any atom is -0.461 e. The Balaban J connectivity index is 2.59. The maximum atomic E-state index is 12.0. The summed E-state index contributed by atoms with van der Waals surface area (Å²) in [4.78, 5) is 12.0. The molecule has 1 heterocycles. The highest BCUT2D eigenvalue weighted by Crippen LogP contribution is 2.26. The van der Waals surface area contributed by atoms with Gasteiger partial charge in [-0.3, -0.25) is 4.79 Å². The van der Waals surface area contributed by atoms with Crippen LogP contribution in [0.1, 0.15) is 52.9 Å². The van der Waals surface area contributed by atoms with Crippen molar-refractivity contribution < 1.29 is 9.53 Å². The molecule has 2 unspecified atom stereocenters. The summed E-state index contributed by atoms with van der Waals surface area (Å²) in [6.45, 7) is 7.03. The SMILES string of the molecule is CCCC1(C(=O)OC(C)CC)CCCN1. The standard InChI is InChI=1S/C12H23NO2/c1-4-7-12(8-6-9-13-12)11(14)15-10(3)5-2/h10,13H,4-9H2,1-3H3.